The Kier molecular flexibility index (Phi) is 3.84. The molecule has 3 heterocycles. The molecule has 0 aliphatic carbocycles. The van der Waals surface area contributed by atoms with Gasteiger partial charge in [-0.25, -0.2) is 4.39 Å². The molecule has 0 bridgehead atoms. The predicted molar refractivity (Wildman–Crippen MR) is 74.5 cm³/mol. The van der Waals surface area contributed by atoms with E-state index in [4.69, 9.17) is 4.52 Å². The zero-order valence-corrected chi connectivity index (χ0v) is 12.4. The van der Waals surface area contributed by atoms with Gasteiger partial charge in [0.15, 0.2) is 11.6 Å². The second kappa shape index (κ2) is 5.80. The van der Waals surface area contributed by atoms with Crippen LogP contribution in [0.5, 0.6) is 0 Å². The number of rotatable bonds is 2. The molecule has 1 saturated heterocycles. The largest absolute Gasteiger partial charge is 0.338 e. The highest BCUT2D eigenvalue weighted by molar-refractivity contribution is 5.94. The van der Waals surface area contributed by atoms with Crippen molar-refractivity contribution in [3.63, 3.8) is 0 Å². The molecule has 0 spiro atoms. The lowest BCUT2D eigenvalue weighted by Crippen LogP contribution is -2.49. The maximum absolute atomic E-state index is 13.7. The van der Waals surface area contributed by atoms with Crippen molar-refractivity contribution in [3.8, 4) is 0 Å². The normalized spacial score (nSPS) is 19.4. The van der Waals surface area contributed by atoms with Gasteiger partial charge in [0, 0.05) is 25.8 Å². The maximum atomic E-state index is 13.7. The van der Waals surface area contributed by atoms with Crippen LogP contribution in [0.2, 0.25) is 0 Å². The molecule has 2 aromatic rings. The summed E-state index contributed by atoms with van der Waals surface area (Å²) in [4.78, 5) is 24.0. The average molecular weight is 305 g/mol. The first kappa shape index (κ1) is 14.6. The summed E-state index contributed by atoms with van der Waals surface area (Å²) in [5, 5.41) is 3.78. The molecular formula is C14H16FN5O2. The molecule has 3 rings (SSSR count). The van der Waals surface area contributed by atoms with E-state index >= 15 is 0 Å². The highest BCUT2D eigenvalue weighted by Crippen LogP contribution is 2.24. The Balaban J connectivity index is 1.81. The highest BCUT2D eigenvalue weighted by Gasteiger charge is 2.33. The number of carbonyl (C=O) groups is 1. The van der Waals surface area contributed by atoms with Crippen LogP contribution in [0.15, 0.2) is 23.0 Å². The molecule has 1 aliphatic heterocycles. The third-order valence-corrected chi connectivity index (χ3v) is 3.77. The monoisotopic (exact) mass is 305 g/mol. The van der Waals surface area contributed by atoms with E-state index in [1.807, 2.05) is 11.9 Å². The summed E-state index contributed by atoms with van der Waals surface area (Å²) in [6.45, 7) is 3.27. The van der Waals surface area contributed by atoms with Crippen LogP contribution in [0.3, 0.4) is 0 Å². The zero-order chi connectivity index (χ0) is 15.7. The van der Waals surface area contributed by atoms with E-state index in [0.29, 0.717) is 31.3 Å². The Bertz CT molecular complexity index is 689. The molecular weight excluding hydrogens is 289 g/mol. The van der Waals surface area contributed by atoms with E-state index < -0.39 is 5.82 Å². The van der Waals surface area contributed by atoms with Gasteiger partial charge >= 0.3 is 0 Å². The number of amides is 1. The molecule has 116 valence electrons. The molecule has 0 saturated carbocycles. The van der Waals surface area contributed by atoms with Gasteiger partial charge in [-0.3, -0.25) is 14.7 Å². The smallest absolute Gasteiger partial charge is 0.257 e. The topological polar surface area (TPSA) is 75.4 Å². The first-order valence-electron chi connectivity index (χ1n) is 6.95. The summed E-state index contributed by atoms with van der Waals surface area (Å²) in [6, 6.07) is 1.20. The minimum absolute atomic E-state index is 0.0278. The second-order valence-electron chi connectivity index (χ2n) is 5.28. The van der Waals surface area contributed by atoms with E-state index in [-0.39, 0.29) is 17.5 Å². The van der Waals surface area contributed by atoms with Crippen LogP contribution >= 0.6 is 0 Å². The molecule has 22 heavy (non-hydrogen) atoms. The van der Waals surface area contributed by atoms with Crippen molar-refractivity contribution in [2.75, 3.05) is 26.7 Å². The van der Waals surface area contributed by atoms with Crippen molar-refractivity contribution in [2.45, 2.75) is 13.0 Å². The van der Waals surface area contributed by atoms with Gasteiger partial charge in [0.2, 0.25) is 5.89 Å². The minimum Gasteiger partial charge on any atom is -0.338 e. The van der Waals surface area contributed by atoms with Gasteiger partial charge in [-0.2, -0.15) is 4.98 Å². The molecule has 0 radical (unpaired) electrons. The number of hydrogen-bond donors (Lipinski definition) is 0. The fourth-order valence-corrected chi connectivity index (χ4v) is 2.49. The second-order valence-corrected chi connectivity index (χ2v) is 5.28. The number of piperazine rings is 1. The molecule has 1 aliphatic rings. The average Bonchev–Trinajstić information content (AvgIpc) is 2.94. The van der Waals surface area contributed by atoms with Gasteiger partial charge in [0.25, 0.3) is 5.91 Å². The van der Waals surface area contributed by atoms with Crippen molar-refractivity contribution in [1.82, 2.24) is 24.9 Å². The summed E-state index contributed by atoms with van der Waals surface area (Å²) in [6.07, 6.45) is 2.45. The van der Waals surface area contributed by atoms with Crippen molar-refractivity contribution < 1.29 is 13.7 Å². The van der Waals surface area contributed by atoms with Crippen molar-refractivity contribution in [3.05, 3.63) is 41.6 Å². The summed E-state index contributed by atoms with van der Waals surface area (Å²) in [7, 11) is 1.93. The Morgan fingerprint density at radius 3 is 2.95 bits per heavy atom. The van der Waals surface area contributed by atoms with E-state index in [1.54, 1.807) is 11.8 Å². The predicted octanol–water partition coefficient (Wildman–Crippen LogP) is 1.04. The van der Waals surface area contributed by atoms with Crippen LogP contribution < -0.4 is 0 Å². The summed E-state index contributed by atoms with van der Waals surface area (Å²) in [5.74, 6) is 0.0468. The van der Waals surface area contributed by atoms with Crippen molar-refractivity contribution in [2.24, 2.45) is 0 Å². The number of aryl methyl sites for hydroxylation is 1. The maximum Gasteiger partial charge on any atom is 0.257 e. The van der Waals surface area contributed by atoms with Gasteiger partial charge in [-0.15, -0.1) is 0 Å². The molecule has 0 unspecified atom stereocenters. The Labute approximate surface area is 126 Å². The van der Waals surface area contributed by atoms with Crippen LogP contribution in [-0.4, -0.2) is 57.5 Å². The fraction of sp³-hybridized carbons (Fsp3) is 0.429. The number of carbonyl (C=O) groups excluding carboxylic acids is 1. The van der Waals surface area contributed by atoms with E-state index in [2.05, 4.69) is 15.1 Å². The third-order valence-electron chi connectivity index (χ3n) is 3.77. The Hall–Kier alpha value is -2.35. The SMILES string of the molecule is Cc1noc([C@H]2CN(C(=O)c3ccncc3F)CCN2C)n1. The number of pyridine rings is 1. The molecule has 1 amide bonds. The quantitative estimate of drug-likeness (QED) is 0.825. The summed E-state index contributed by atoms with van der Waals surface area (Å²) >= 11 is 0. The van der Waals surface area contributed by atoms with E-state index in [9.17, 15) is 9.18 Å². The van der Waals surface area contributed by atoms with Crippen molar-refractivity contribution in [1.29, 1.82) is 0 Å². The molecule has 1 atom stereocenters. The minimum atomic E-state index is -0.614. The Morgan fingerprint density at radius 2 is 2.27 bits per heavy atom. The highest BCUT2D eigenvalue weighted by atomic mass is 19.1. The molecule has 8 heteroatoms. The van der Waals surface area contributed by atoms with Crippen LogP contribution in [0.25, 0.3) is 0 Å². The molecule has 7 nitrogen and oxygen atoms in total. The lowest BCUT2D eigenvalue weighted by molar-refractivity contribution is 0.0485. The van der Waals surface area contributed by atoms with Crippen LogP contribution in [-0.2, 0) is 0 Å². The first-order chi connectivity index (χ1) is 10.6. The van der Waals surface area contributed by atoms with Crippen LogP contribution in [0.1, 0.15) is 28.1 Å². The fourth-order valence-electron chi connectivity index (χ4n) is 2.49. The summed E-state index contributed by atoms with van der Waals surface area (Å²) < 4.78 is 18.9. The van der Waals surface area contributed by atoms with Gasteiger partial charge in [0.1, 0.15) is 6.04 Å². The lowest BCUT2D eigenvalue weighted by atomic mass is 10.1. The van der Waals surface area contributed by atoms with Crippen molar-refractivity contribution >= 4 is 5.91 Å². The van der Waals surface area contributed by atoms with Gasteiger partial charge in [-0.05, 0) is 20.0 Å². The number of halogens is 1. The molecule has 0 N–H and O–H groups in total. The zero-order valence-electron chi connectivity index (χ0n) is 12.4. The number of aromatic nitrogens is 3. The van der Waals surface area contributed by atoms with Gasteiger partial charge < -0.3 is 9.42 Å². The van der Waals surface area contributed by atoms with E-state index in [1.165, 1.54) is 12.3 Å². The number of nitrogens with zero attached hydrogens (tertiary/aromatic N) is 5. The van der Waals surface area contributed by atoms with Gasteiger partial charge in [-0.1, -0.05) is 5.16 Å². The standard InChI is InChI=1S/C14H16FN5O2/c1-9-17-13(22-18-9)12-8-20(6-5-19(12)2)14(21)10-3-4-16-7-11(10)15/h3-4,7,12H,5-6,8H2,1-2H3/t12-/m1/s1. The Morgan fingerprint density at radius 1 is 1.45 bits per heavy atom. The number of likely N-dealkylation sites (N-methyl/N-ethyl adjacent to an activating group) is 1. The number of hydrogen-bond acceptors (Lipinski definition) is 6. The van der Waals surface area contributed by atoms with E-state index in [0.717, 1.165) is 6.20 Å². The van der Waals surface area contributed by atoms with Crippen LogP contribution in [0.4, 0.5) is 4.39 Å². The molecule has 2 aromatic heterocycles. The molecule has 0 aromatic carbocycles. The lowest BCUT2D eigenvalue weighted by Gasteiger charge is -2.37. The molecule has 1 fully saturated rings. The summed E-state index contributed by atoms with van der Waals surface area (Å²) in [5.41, 5.74) is 0.0278. The van der Waals surface area contributed by atoms with Crippen LogP contribution in [0, 0.1) is 12.7 Å². The first-order valence-corrected chi connectivity index (χ1v) is 6.95. The third kappa shape index (κ3) is 2.69. The van der Waals surface area contributed by atoms with Gasteiger partial charge in [0.05, 0.1) is 11.8 Å².